The molecule has 4 heteroatoms. The van der Waals surface area contributed by atoms with Gasteiger partial charge >= 0.3 is 0 Å². The first-order valence-electron chi connectivity index (χ1n) is 6.18. The van der Waals surface area contributed by atoms with E-state index in [0.29, 0.717) is 6.54 Å². The van der Waals surface area contributed by atoms with Gasteiger partial charge in [0.15, 0.2) is 0 Å². The number of nitrogens with two attached hydrogens (primary N) is 1. The summed E-state index contributed by atoms with van der Waals surface area (Å²) in [5.41, 5.74) is 10.2. The average Bonchev–Trinajstić information content (AvgIpc) is 2.31. The van der Waals surface area contributed by atoms with E-state index in [9.17, 15) is 9.90 Å². The first kappa shape index (κ1) is 14.7. The highest BCUT2D eigenvalue weighted by molar-refractivity contribution is 5.80. The Bertz CT molecular complexity index is 407. The molecule has 100 valence electrons. The van der Waals surface area contributed by atoms with Crippen molar-refractivity contribution in [2.24, 2.45) is 5.73 Å². The number of benzene rings is 1. The number of hydrogen-bond donors (Lipinski definition) is 3. The van der Waals surface area contributed by atoms with Gasteiger partial charge < -0.3 is 16.2 Å². The van der Waals surface area contributed by atoms with Crippen LogP contribution in [0.4, 0.5) is 0 Å². The van der Waals surface area contributed by atoms with Crippen LogP contribution in [0.2, 0.25) is 0 Å². The molecule has 1 rings (SSSR count). The molecule has 18 heavy (non-hydrogen) atoms. The predicted octanol–water partition coefficient (Wildman–Crippen LogP) is 0.590. The molecule has 1 unspecified atom stereocenters. The number of amides is 1. The predicted molar refractivity (Wildman–Crippen MR) is 72.4 cm³/mol. The largest absolute Gasteiger partial charge is 0.382 e. The zero-order valence-electron chi connectivity index (χ0n) is 11.3. The third-order valence-corrected chi connectivity index (χ3v) is 3.04. The van der Waals surface area contributed by atoms with Crippen LogP contribution in [0.1, 0.15) is 22.3 Å². The Morgan fingerprint density at radius 2 is 1.89 bits per heavy atom. The lowest BCUT2D eigenvalue weighted by atomic mass is 9.97. The topological polar surface area (TPSA) is 75.3 Å². The molecule has 4 N–H and O–H groups in total. The van der Waals surface area contributed by atoms with Crippen molar-refractivity contribution < 1.29 is 9.90 Å². The molecule has 0 aromatic heterocycles. The molecule has 0 aliphatic heterocycles. The van der Waals surface area contributed by atoms with Crippen LogP contribution in [0.15, 0.2) is 12.1 Å². The monoisotopic (exact) mass is 250 g/mol. The molecule has 0 aliphatic rings. The molecule has 0 radical (unpaired) electrons. The van der Waals surface area contributed by atoms with Gasteiger partial charge in [-0.05, 0) is 43.9 Å². The zero-order chi connectivity index (χ0) is 13.7. The Hall–Kier alpha value is -1.39. The average molecular weight is 250 g/mol. The van der Waals surface area contributed by atoms with Crippen LogP contribution in [0, 0.1) is 20.8 Å². The van der Waals surface area contributed by atoms with E-state index >= 15 is 0 Å². The third kappa shape index (κ3) is 3.82. The second-order valence-corrected chi connectivity index (χ2v) is 4.67. The van der Waals surface area contributed by atoms with Crippen LogP contribution in [-0.4, -0.2) is 30.2 Å². The lowest BCUT2D eigenvalue weighted by Crippen LogP contribution is -2.40. The van der Waals surface area contributed by atoms with Gasteiger partial charge in [-0.25, -0.2) is 0 Å². The number of hydrogen-bond acceptors (Lipinski definition) is 3. The molecule has 0 spiro atoms. The van der Waals surface area contributed by atoms with Gasteiger partial charge in [0.25, 0.3) is 0 Å². The summed E-state index contributed by atoms with van der Waals surface area (Å²) in [5, 5.41) is 11.9. The van der Waals surface area contributed by atoms with E-state index in [-0.39, 0.29) is 6.54 Å². The van der Waals surface area contributed by atoms with E-state index in [1.54, 1.807) is 0 Å². The molecule has 1 aromatic rings. The Labute approximate surface area is 108 Å². The second kappa shape index (κ2) is 6.52. The highest BCUT2D eigenvalue weighted by Crippen LogP contribution is 2.16. The van der Waals surface area contributed by atoms with Crippen LogP contribution in [-0.2, 0) is 11.2 Å². The molecule has 0 heterocycles. The summed E-state index contributed by atoms with van der Waals surface area (Å²) in [6, 6.07) is 4.28. The molecule has 0 bridgehead atoms. The summed E-state index contributed by atoms with van der Waals surface area (Å²) in [6.07, 6.45) is -0.341. The van der Waals surface area contributed by atoms with Crippen molar-refractivity contribution in [2.75, 3.05) is 13.1 Å². The summed E-state index contributed by atoms with van der Waals surface area (Å²) in [7, 11) is 0. The second-order valence-electron chi connectivity index (χ2n) is 4.67. The molecule has 0 saturated carbocycles. The van der Waals surface area contributed by atoms with Crippen molar-refractivity contribution >= 4 is 5.91 Å². The van der Waals surface area contributed by atoms with Gasteiger partial charge in [0.05, 0.1) is 0 Å². The molecule has 1 atom stereocenters. The number of carbonyl (C=O) groups excluding carboxylic acids is 1. The van der Waals surface area contributed by atoms with Gasteiger partial charge in [-0.1, -0.05) is 17.7 Å². The lowest BCUT2D eigenvalue weighted by Gasteiger charge is -2.13. The maximum absolute atomic E-state index is 11.3. The fraction of sp³-hybridized carbons (Fsp3) is 0.500. The summed E-state index contributed by atoms with van der Waals surface area (Å²) >= 11 is 0. The van der Waals surface area contributed by atoms with Gasteiger partial charge in [-0.3, -0.25) is 4.79 Å². The molecule has 4 nitrogen and oxygen atoms in total. The Morgan fingerprint density at radius 1 is 1.33 bits per heavy atom. The van der Waals surface area contributed by atoms with Crippen LogP contribution in [0.25, 0.3) is 0 Å². The van der Waals surface area contributed by atoms with E-state index < -0.39 is 12.0 Å². The molecule has 0 fully saturated rings. The molecule has 0 aliphatic carbocycles. The van der Waals surface area contributed by atoms with Crippen LogP contribution in [0.3, 0.4) is 0 Å². The third-order valence-electron chi connectivity index (χ3n) is 3.04. The van der Waals surface area contributed by atoms with Crippen LogP contribution >= 0.6 is 0 Å². The molecular formula is C14H22N2O2. The summed E-state index contributed by atoms with van der Waals surface area (Å²) in [4.78, 5) is 11.3. The van der Waals surface area contributed by atoms with Gasteiger partial charge in [-0.15, -0.1) is 0 Å². The Balaban J connectivity index is 2.57. The normalized spacial score (nSPS) is 12.3. The summed E-state index contributed by atoms with van der Waals surface area (Å²) < 4.78 is 0. The van der Waals surface area contributed by atoms with E-state index in [1.165, 1.54) is 22.3 Å². The molecular weight excluding hydrogens is 228 g/mol. The number of nitrogens with one attached hydrogen (secondary N) is 1. The van der Waals surface area contributed by atoms with Gasteiger partial charge in [0.1, 0.15) is 6.10 Å². The summed E-state index contributed by atoms with van der Waals surface area (Å²) in [5.74, 6) is -0.403. The van der Waals surface area contributed by atoms with Crippen LogP contribution in [0.5, 0.6) is 0 Å². The van der Waals surface area contributed by atoms with Crippen molar-refractivity contribution in [3.63, 3.8) is 0 Å². The SMILES string of the molecule is Cc1cc(C)c(CCNC(=O)C(O)CN)c(C)c1. The maximum Gasteiger partial charge on any atom is 0.250 e. The van der Waals surface area contributed by atoms with E-state index in [4.69, 9.17) is 5.73 Å². The first-order valence-corrected chi connectivity index (χ1v) is 6.18. The minimum Gasteiger partial charge on any atom is -0.382 e. The number of carbonyl (C=O) groups is 1. The van der Waals surface area contributed by atoms with E-state index in [2.05, 4.69) is 38.2 Å². The van der Waals surface area contributed by atoms with Gasteiger partial charge in [0.2, 0.25) is 5.91 Å². The maximum atomic E-state index is 11.3. The smallest absolute Gasteiger partial charge is 0.250 e. The highest BCUT2D eigenvalue weighted by Gasteiger charge is 2.12. The first-order chi connectivity index (χ1) is 8.45. The fourth-order valence-electron chi connectivity index (χ4n) is 2.14. The van der Waals surface area contributed by atoms with E-state index in [0.717, 1.165) is 6.42 Å². The summed E-state index contributed by atoms with van der Waals surface area (Å²) in [6.45, 7) is 6.69. The lowest BCUT2D eigenvalue weighted by molar-refractivity contribution is -0.128. The number of aliphatic hydroxyl groups excluding tert-OH is 1. The zero-order valence-corrected chi connectivity index (χ0v) is 11.3. The molecule has 1 amide bonds. The molecule has 1 aromatic carbocycles. The van der Waals surface area contributed by atoms with E-state index in [1.807, 2.05) is 0 Å². The highest BCUT2D eigenvalue weighted by atomic mass is 16.3. The minimum absolute atomic E-state index is 0.0472. The number of aryl methyl sites for hydroxylation is 3. The van der Waals surface area contributed by atoms with Crippen molar-refractivity contribution in [2.45, 2.75) is 33.3 Å². The van der Waals surface area contributed by atoms with Crippen molar-refractivity contribution in [3.05, 3.63) is 34.4 Å². The fourth-order valence-corrected chi connectivity index (χ4v) is 2.14. The Kier molecular flexibility index (Phi) is 5.31. The minimum atomic E-state index is -1.11. The van der Waals surface area contributed by atoms with Crippen LogP contribution < -0.4 is 11.1 Å². The Morgan fingerprint density at radius 3 is 2.39 bits per heavy atom. The quantitative estimate of drug-likeness (QED) is 0.716. The standard InChI is InChI=1S/C14H22N2O2/c1-9-6-10(2)12(11(3)7-9)4-5-16-14(18)13(17)8-15/h6-7,13,17H,4-5,8,15H2,1-3H3,(H,16,18). The van der Waals surface area contributed by atoms with Crippen molar-refractivity contribution in [1.82, 2.24) is 5.32 Å². The number of rotatable bonds is 5. The van der Waals surface area contributed by atoms with Crippen molar-refractivity contribution in [1.29, 1.82) is 0 Å². The van der Waals surface area contributed by atoms with Crippen molar-refractivity contribution in [3.8, 4) is 0 Å². The van der Waals surface area contributed by atoms with Gasteiger partial charge in [0, 0.05) is 13.1 Å². The van der Waals surface area contributed by atoms with Gasteiger partial charge in [-0.2, -0.15) is 0 Å². The number of aliphatic hydroxyl groups is 1. The molecule has 0 saturated heterocycles.